The third-order valence-electron chi connectivity index (χ3n) is 4.05. The molecular formula is C6H12O20P6. The molecule has 186 valence electrons. The van der Waals surface area contributed by atoms with Crippen molar-refractivity contribution in [3.05, 3.63) is 0 Å². The van der Waals surface area contributed by atoms with Gasteiger partial charge >= 0.3 is 47.4 Å². The molecule has 0 bridgehead atoms. The van der Waals surface area contributed by atoms with E-state index in [1.165, 1.54) is 0 Å². The fourth-order valence-electron chi connectivity index (χ4n) is 3.21. The number of phosphoric acid groups is 5. The predicted octanol–water partition coefficient (Wildman–Crippen LogP) is 0.293. The Balaban J connectivity index is 1.90. The molecule has 20 nitrogen and oxygen atoms in total. The lowest BCUT2D eigenvalue weighted by Gasteiger charge is -2.45. The van der Waals surface area contributed by atoms with Crippen molar-refractivity contribution < 1.29 is 91.9 Å². The second kappa shape index (κ2) is 8.17. The van der Waals surface area contributed by atoms with E-state index in [1.807, 2.05) is 0 Å². The highest BCUT2D eigenvalue weighted by atomic mass is 31.3. The topological polar surface area (TPSA) is 287 Å². The molecule has 0 spiro atoms. The van der Waals surface area contributed by atoms with Crippen molar-refractivity contribution in [2.45, 2.75) is 36.6 Å². The van der Waals surface area contributed by atoms with Gasteiger partial charge in [0.05, 0.1) is 0 Å². The number of hydrogen-bond donors (Lipinski definition) is 5. The Bertz CT molecular complexity index is 1040. The van der Waals surface area contributed by atoms with Crippen LogP contribution >= 0.6 is 47.4 Å². The molecule has 0 aromatic carbocycles. The van der Waals surface area contributed by atoms with Crippen molar-refractivity contribution in [3.63, 3.8) is 0 Å². The van der Waals surface area contributed by atoms with Gasteiger partial charge in [0.15, 0.2) is 0 Å². The molecule has 3 aliphatic heterocycles. The molecule has 32 heavy (non-hydrogen) atoms. The molecule has 26 heteroatoms. The van der Waals surface area contributed by atoms with E-state index in [2.05, 4.69) is 31.0 Å². The zero-order chi connectivity index (χ0) is 23.9. The van der Waals surface area contributed by atoms with Crippen LogP contribution in [0.4, 0.5) is 0 Å². The average molecular weight is 590 g/mol. The lowest BCUT2D eigenvalue weighted by molar-refractivity contribution is -0.183. The van der Waals surface area contributed by atoms with E-state index < -0.39 is 84.0 Å². The van der Waals surface area contributed by atoms with Gasteiger partial charge in [0.25, 0.3) is 0 Å². The monoisotopic (exact) mass is 590 g/mol. The second-order valence-corrected chi connectivity index (χ2v) is 14.8. The van der Waals surface area contributed by atoms with E-state index in [0.717, 1.165) is 0 Å². The summed E-state index contributed by atoms with van der Waals surface area (Å²) in [5, 5.41) is 0. The van der Waals surface area contributed by atoms with Crippen LogP contribution in [0.2, 0.25) is 0 Å². The van der Waals surface area contributed by atoms with Crippen molar-refractivity contribution in [3.8, 4) is 0 Å². The summed E-state index contributed by atoms with van der Waals surface area (Å²) < 4.78 is 113. The molecule has 12 atom stereocenters. The average Bonchev–Trinajstić information content (AvgIpc) is 2.76. The molecule has 0 aromatic heterocycles. The minimum Gasteiger partial charge on any atom is -0.302 e. The minimum absolute atomic E-state index is 2.13. The molecule has 5 N–H and O–H groups in total. The van der Waals surface area contributed by atoms with Crippen molar-refractivity contribution in [2.75, 3.05) is 0 Å². The van der Waals surface area contributed by atoms with Gasteiger partial charge in [0.2, 0.25) is 0 Å². The van der Waals surface area contributed by atoms with E-state index in [1.54, 1.807) is 0 Å². The van der Waals surface area contributed by atoms with Gasteiger partial charge in [-0.25, -0.2) is 27.1 Å². The SMILES string of the molecule is O=[PH]1OC2C(OP(=O)(O)O1)C1OP(=O)(O)OP(=O)(O)OC1C1OP(=O)(O)OP(=O)(O)OC21. The number of phosphoric ester groups is 5. The van der Waals surface area contributed by atoms with Gasteiger partial charge < -0.3 is 29.0 Å². The maximum atomic E-state index is 12.1. The summed E-state index contributed by atoms with van der Waals surface area (Å²) in [5.41, 5.74) is 0. The van der Waals surface area contributed by atoms with Crippen LogP contribution in [-0.4, -0.2) is 61.1 Å². The fraction of sp³-hybridized carbons (Fsp3) is 1.00. The summed E-state index contributed by atoms with van der Waals surface area (Å²) in [6.07, 6.45) is -13.5. The molecule has 4 aliphatic rings. The van der Waals surface area contributed by atoms with Crippen LogP contribution in [-0.2, 0) is 67.5 Å². The maximum Gasteiger partial charge on any atom is 0.481 e. The molecule has 0 amide bonds. The van der Waals surface area contributed by atoms with Gasteiger partial charge in [-0.15, -0.1) is 0 Å². The maximum absolute atomic E-state index is 12.1. The zero-order valence-electron chi connectivity index (χ0n) is 14.6. The van der Waals surface area contributed by atoms with E-state index in [0.29, 0.717) is 0 Å². The van der Waals surface area contributed by atoms with Gasteiger partial charge in [-0.3, -0.25) is 27.2 Å². The van der Waals surface area contributed by atoms with E-state index in [4.69, 9.17) is 9.05 Å². The normalized spacial score (nSPS) is 61.2. The highest BCUT2D eigenvalue weighted by molar-refractivity contribution is 7.62. The summed E-state index contributed by atoms with van der Waals surface area (Å²) in [5.74, 6) is 0. The Labute approximate surface area is 176 Å². The van der Waals surface area contributed by atoms with Gasteiger partial charge in [-0.05, 0) is 0 Å². The summed E-state index contributed by atoms with van der Waals surface area (Å²) in [6, 6.07) is 0. The summed E-state index contributed by atoms with van der Waals surface area (Å²) in [7, 11) is -31.3. The van der Waals surface area contributed by atoms with Crippen LogP contribution in [0.15, 0.2) is 0 Å². The van der Waals surface area contributed by atoms with Crippen molar-refractivity contribution >= 4 is 47.4 Å². The Morgan fingerprint density at radius 2 is 0.781 bits per heavy atom. The Kier molecular flexibility index (Phi) is 6.61. The van der Waals surface area contributed by atoms with E-state index in [-0.39, 0.29) is 0 Å². The smallest absolute Gasteiger partial charge is 0.302 e. The third kappa shape index (κ3) is 5.46. The van der Waals surface area contributed by atoms with Crippen LogP contribution in [0.1, 0.15) is 0 Å². The molecule has 12 unspecified atom stereocenters. The van der Waals surface area contributed by atoms with Gasteiger partial charge in [-0.1, -0.05) is 0 Å². The Hall–Kier alpha value is 0.820. The predicted molar refractivity (Wildman–Crippen MR) is 90.6 cm³/mol. The molecule has 3 heterocycles. The molecule has 4 fully saturated rings. The molecular weight excluding hydrogens is 578 g/mol. The second-order valence-electron chi connectivity index (χ2n) is 6.28. The molecule has 4 rings (SSSR count). The Morgan fingerprint density at radius 1 is 0.500 bits per heavy atom. The van der Waals surface area contributed by atoms with Crippen molar-refractivity contribution in [1.82, 2.24) is 0 Å². The summed E-state index contributed by atoms with van der Waals surface area (Å²) >= 11 is 0. The van der Waals surface area contributed by atoms with E-state index in [9.17, 15) is 51.9 Å². The van der Waals surface area contributed by atoms with Crippen LogP contribution in [0.25, 0.3) is 0 Å². The third-order valence-corrected chi connectivity index (χ3v) is 11.9. The van der Waals surface area contributed by atoms with Crippen LogP contribution in [0.5, 0.6) is 0 Å². The standard InChI is InChI=1S/C6H12O20P6/c7-27-18-1-2(19-28(8,9)24-27)4-6(23-32(16,17)26-30(12,13)21-4)5-3(1)20-29(10,11)25-31(14,15)22-5/h1-6,27H,(H,8,9)(H,10,11)(H,12,13)(H,14,15)(H,16,17). The first kappa shape index (κ1) is 25.9. The number of hydrogen-bond acceptors (Lipinski definition) is 15. The van der Waals surface area contributed by atoms with Crippen LogP contribution in [0.3, 0.4) is 0 Å². The largest absolute Gasteiger partial charge is 0.481 e. The van der Waals surface area contributed by atoms with Gasteiger partial charge in [0.1, 0.15) is 36.6 Å². The van der Waals surface area contributed by atoms with Crippen molar-refractivity contribution in [1.29, 1.82) is 0 Å². The molecule has 0 aromatic rings. The lowest BCUT2D eigenvalue weighted by Crippen LogP contribution is -2.65. The minimum atomic E-state index is -5.53. The fourth-order valence-corrected chi connectivity index (χ4v) is 10.2. The zero-order valence-corrected chi connectivity index (χ0v) is 20.0. The molecule has 3 saturated heterocycles. The number of fused-ring (bicyclic) bond motifs is 6. The first-order valence-corrected chi connectivity index (χ1v) is 16.5. The molecule has 1 aliphatic carbocycles. The van der Waals surface area contributed by atoms with Gasteiger partial charge in [0, 0.05) is 0 Å². The number of rotatable bonds is 0. The lowest BCUT2D eigenvalue weighted by atomic mass is 9.85. The first-order chi connectivity index (χ1) is 14.4. The summed E-state index contributed by atoms with van der Waals surface area (Å²) in [4.78, 5) is 48.5. The van der Waals surface area contributed by atoms with Crippen molar-refractivity contribution in [2.24, 2.45) is 0 Å². The molecule has 0 radical (unpaired) electrons. The highest BCUT2D eigenvalue weighted by Crippen LogP contribution is 2.71. The highest BCUT2D eigenvalue weighted by Gasteiger charge is 2.67. The first-order valence-electron chi connectivity index (χ1n) is 7.77. The van der Waals surface area contributed by atoms with Crippen LogP contribution in [0, 0.1) is 0 Å². The summed E-state index contributed by atoms with van der Waals surface area (Å²) in [6.45, 7) is 0. The Morgan fingerprint density at radius 3 is 1.12 bits per heavy atom. The quantitative estimate of drug-likeness (QED) is 0.237. The molecule has 1 saturated carbocycles. The van der Waals surface area contributed by atoms with Crippen LogP contribution < -0.4 is 0 Å². The van der Waals surface area contributed by atoms with E-state index >= 15 is 0 Å². The van der Waals surface area contributed by atoms with Gasteiger partial charge in [-0.2, -0.15) is 8.62 Å².